The number of pyridine rings is 1. The lowest BCUT2D eigenvalue weighted by molar-refractivity contribution is 0.292. The van der Waals surface area contributed by atoms with Crippen molar-refractivity contribution in [3.8, 4) is 5.88 Å². The van der Waals surface area contributed by atoms with Crippen molar-refractivity contribution in [2.75, 3.05) is 13.2 Å². The van der Waals surface area contributed by atoms with Crippen LogP contribution in [0.5, 0.6) is 5.88 Å². The molecule has 0 aromatic carbocycles. The Hall–Kier alpha value is -1.09. The standard InChI is InChI=1S/C18H32N2O/c1-4-6-7-8-9-10-12-21-18-14-17(13-16(3)20-18)15-19-11-5-2/h13-14,19H,4-12,15H2,1-3H3. The fourth-order valence-corrected chi connectivity index (χ4v) is 2.35. The maximum absolute atomic E-state index is 5.80. The van der Waals surface area contributed by atoms with Crippen molar-refractivity contribution in [3.05, 3.63) is 23.4 Å². The summed E-state index contributed by atoms with van der Waals surface area (Å²) in [5.74, 6) is 0.775. The molecule has 21 heavy (non-hydrogen) atoms. The number of aryl methyl sites for hydroxylation is 1. The third-order valence-corrected chi connectivity index (χ3v) is 3.49. The summed E-state index contributed by atoms with van der Waals surface area (Å²) < 4.78 is 5.80. The Morgan fingerprint density at radius 3 is 2.52 bits per heavy atom. The lowest BCUT2D eigenvalue weighted by Gasteiger charge is -2.09. The molecule has 1 aromatic rings. The SMILES string of the molecule is CCCCCCCCOc1cc(CNCCC)cc(C)n1. The monoisotopic (exact) mass is 292 g/mol. The van der Waals surface area contributed by atoms with Crippen molar-refractivity contribution >= 4 is 0 Å². The maximum atomic E-state index is 5.80. The van der Waals surface area contributed by atoms with Gasteiger partial charge in [0.25, 0.3) is 0 Å². The third-order valence-electron chi connectivity index (χ3n) is 3.49. The summed E-state index contributed by atoms with van der Waals surface area (Å²) in [6, 6.07) is 4.19. The summed E-state index contributed by atoms with van der Waals surface area (Å²) in [7, 11) is 0. The van der Waals surface area contributed by atoms with Crippen LogP contribution < -0.4 is 10.1 Å². The van der Waals surface area contributed by atoms with E-state index in [-0.39, 0.29) is 0 Å². The average Bonchev–Trinajstić information content (AvgIpc) is 2.46. The first-order valence-electron chi connectivity index (χ1n) is 8.57. The topological polar surface area (TPSA) is 34.1 Å². The zero-order chi connectivity index (χ0) is 15.3. The van der Waals surface area contributed by atoms with E-state index in [4.69, 9.17) is 4.74 Å². The summed E-state index contributed by atoms with van der Waals surface area (Å²) in [6.45, 7) is 9.19. The number of nitrogens with zero attached hydrogens (tertiary/aromatic N) is 1. The highest BCUT2D eigenvalue weighted by Gasteiger charge is 2.01. The third kappa shape index (κ3) is 8.71. The highest BCUT2D eigenvalue weighted by Crippen LogP contribution is 2.13. The Morgan fingerprint density at radius 2 is 1.76 bits per heavy atom. The molecule has 3 heteroatoms. The number of hydrogen-bond acceptors (Lipinski definition) is 3. The van der Waals surface area contributed by atoms with Gasteiger partial charge in [0.2, 0.25) is 5.88 Å². The van der Waals surface area contributed by atoms with E-state index < -0.39 is 0 Å². The summed E-state index contributed by atoms with van der Waals surface area (Å²) in [5, 5.41) is 3.42. The Bertz CT molecular complexity index is 379. The minimum Gasteiger partial charge on any atom is -0.478 e. The predicted molar refractivity (Wildman–Crippen MR) is 89.8 cm³/mol. The molecule has 3 nitrogen and oxygen atoms in total. The highest BCUT2D eigenvalue weighted by molar-refractivity contribution is 5.24. The normalized spacial score (nSPS) is 10.8. The van der Waals surface area contributed by atoms with Gasteiger partial charge in [0.15, 0.2) is 0 Å². The van der Waals surface area contributed by atoms with E-state index in [0.29, 0.717) is 0 Å². The van der Waals surface area contributed by atoms with E-state index in [2.05, 4.69) is 36.3 Å². The molecule has 0 aliphatic rings. The zero-order valence-corrected chi connectivity index (χ0v) is 14.1. The average molecular weight is 292 g/mol. The van der Waals surface area contributed by atoms with Crippen LogP contribution in [0, 0.1) is 6.92 Å². The minimum atomic E-state index is 0.775. The van der Waals surface area contributed by atoms with E-state index in [9.17, 15) is 0 Å². The second-order valence-electron chi connectivity index (χ2n) is 5.75. The molecule has 0 radical (unpaired) electrons. The fraction of sp³-hybridized carbons (Fsp3) is 0.722. The van der Waals surface area contributed by atoms with Crippen LogP contribution in [-0.2, 0) is 6.54 Å². The summed E-state index contributed by atoms with van der Waals surface area (Å²) in [4.78, 5) is 4.46. The van der Waals surface area contributed by atoms with Gasteiger partial charge < -0.3 is 10.1 Å². The van der Waals surface area contributed by atoms with Crippen LogP contribution in [0.25, 0.3) is 0 Å². The lowest BCUT2D eigenvalue weighted by Crippen LogP contribution is -2.14. The van der Waals surface area contributed by atoms with Gasteiger partial charge in [-0.1, -0.05) is 46.0 Å². The van der Waals surface area contributed by atoms with Gasteiger partial charge in [-0.05, 0) is 37.9 Å². The Labute approximate surface area is 130 Å². The second kappa shape index (κ2) is 11.6. The zero-order valence-electron chi connectivity index (χ0n) is 14.1. The Balaban J connectivity index is 2.27. The molecule has 1 aromatic heterocycles. The predicted octanol–water partition coefficient (Wildman–Crippen LogP) is 4.63. The van der Waals surface area contributed by atoms with Crippen molar-refractivity contribution in [3.63, 3.8) is 0 Å². The Morgan fingerprint density at radius 1 is 1.00 bits per heavy atom. The van der Waals surface area contributed by atoms with Crippen molar-refractivity contribution in [1.29, 1.82) is 0 Å². The van der Waals surface area contributed by atoms with Crippen molar-refractivity contribution in [1.82, 2.24) is 10.3 Å². The largest absolute Gasteiger partial charge is 0.478 e. The number of rotatable bonds is 12. The van der Waals surface area contributed by atoms with Gasteiger partial charge in [0.1, 0.15) is 0 Å². The molecule has 1 N–H and O–H groups in total. The molecule has 0 atom stereocenters. The molecule has 0 amide bonds. The number of unbranched alkanes of at least 4 members (excludes halogenated alkanes) is 5. The van der Waals surface area contributed by atoms with Crippen LogP contribution in [0.15, 0.2) is 12.1 Å². The van der Waals surface area contributed by atoms with Crippen LogP contribution in [0.3, 0.4) is 0 Å². The Kier molecular flexibility index (Phi) is 9.88. The summed E-state index contributed by atoms with van der Waals surface area (Å²) >= 11 is 0. The van der Waals surface area contributed by atoms with E-state index in [1.807, 2.05) is 6.92 Å². The molecule has 0 bridgehead atoms. The van der Waals surface area contributed by atoms with E-state index >= 15 is 0 Å². The number of aromatic nitrogens is 1. The van der Waals surface area contributed by atoms with E-state index in [0.717, 1.165) is 44.1 Å². The van der Waals surface area contributed by atoms with Gasteiger partial charge in [0.05, 0.1) is 6.61 Å². The highest BCUT2D eigenvalue weighted by atomic mass is 16.5. The molecule has 0 unspecified atom stereocenters. The molecular weight excluding hydrogens is 260 g/mol. The lowest BCUT2D eigenvalue weighted by atomic mass is 10.1. The number of ether oxygens (including phenoxy) is 1. The first-order valence-corrected chi connectivity index (χ1v) is 8.57. The molecule has 0 fully saturated rings. The molecule has 1 rings (SSSR count). The fourth-order valence-electron chi connectivity index (χ4n) is 2.35. The van der Waals surface area contributed by atoms with E-state index in [1.165, 1.54) is 37.7 Å². The molecule has 0 aliphatic heterocycles. The quantitative estimate of drug-likeness (QED) is 0.570. The molecule has 0 spiro atoms. The van der Waals surface area contributed by atoms with Gasteiger partial charge >= 0.3 is 0 Å². The van der Waals surface area contributed by atoms with Crippen molar-refractivity contribution < 1.29 is 4.74 Å². The van der Waals surface area contributed by atoms with Crippen LogP contribution in [0.4, 0.5) is 0 Å². The van der Waals surface area contributed by atoms with Crippen LogP contribution in [-0.4, -0.2) is 18.1 Å². The van der Waals surface area contributed by atoms with Crippen molar-refractivity contribution in [2.45, 2.75) is 72.3 Å². The van der Waals surface area contributed by atoms with Crippen LogP contribution in [0.2, 0.25) is 0 Å². The second-order valence-corrected chi connectivity index (χ2v) is 5.75. The smallest absolute Gasteiger partial charge is 0.213 e. The van der Waals surface area contributed by atoms with Crippen molar-refractivity contribution in [2.24, 2.45) is 0 Å². The van der Waals surface area contributed by atoms with Gasteiger partial charge in [-0.25, -0.2) is 4.98 Å². The molecule has 120 valence electrons. The van der Waals surface area contributed by atoms with Gasteiger partial charge in [-0.3, -0.25) is 0 Å². The molecule has 0 saturated heterocycles. The maximum Gasteiger partial charge on any atom is 0.213 e. The first kappa shape index (κ1) is 18.0. The van der Waals surface area contributed by atoms with Crippen LogP contribution >= 0.6 is 0 Å². The first-order chi connectivity index (χ1) is 10.3. The number of nitrogens with one attached hydrogen (secondary N) is 1. The summed E-state index contributed by atoms with van der Waals surface area (Å²) in [5.41, 5.74) is 2.29. The molecule has 1 heterocycles. The van der Waals surface area contributed by atoms with E-state index in [1.54, 1.807) is 0 Å². The molecular formula is C18H32N2O. The number of hydrogen-bond donors (Lipinski definition) is 1. The molecule has 0 saturated carbocycles. The van der Waals surface area contributed by atoms with Gasteiger partial charge in [0, 0.05) is 18.3 Å². The summed E-state index contributed by atoms with van der Waals surface area (Å²) in [6.07, 6.45) is 8.88. The van der Waals surface area contributed by atoms with Gasteiger partial charge in [-0.2, -0.15) is 0 Å². The minimum absolute atomic E-state index is 0.775. The van der Waals surface area contributed by atoms with Gasteiger partial charge in [-0.15, -0.1) is 0 Å². The molecule has 0 aliphatic carbocycles. The van der Waals surface area contributed by atoms with Crippen LogP contribution in [0.1, 0.15) is 70.1 Å².